The Bertz CT molecular complexity index is 937. The van der Waals surface area contributed by atoms with Crippen LogP contribution in [0.1, 0.15) is 48.5 Å². The van der Waals surface area contributed by atoms with Gasteiger partial charge in [0.05, 0.1) is 11.2 Å². The Morgan fingerprint density at radius 2 is 1.96 bits per heavy atom. The van der Waals surface area contributed by atoms with Crippen molar-refractivity contribution in [3.8, 4) is 6.07 Å². The molecule has 1 saturated heterocycles. The van der Waals surface area contributed by atoms with Crippen LogP contribution >= 0.6 is 0 Å². The summed E-state index contributed by atoms with van der Waals surface area (Å²) < 4.78 is 0. The van der Waals surface area contributed by atoms with Gasteiger partial charge < -0.3 is 9.88 Å². The Hall–Kier alpha value is -2.61. The molecule has 2 aliphatic rings. The van der Waals surface area contributed by atoms with E-state index in [4.69, 9.17) is 0 Å². The number of aromatic nitrogens is 1. The van der Waals surface area contributed by atoms with Gasteiger partial charge in [-0.3, -0.25) is 9.59 Å². The number of Topliss-reactive ketones (excluding diaryl/α,β-unsaturated/α-hetero) is 1. The normalized spacial score (nSPS) is 18.6. The summed E-state index contributed by atoms with van der Waals surface area (Å²) >= 11 is 0. The summed E-state index contributed by atoms with van der Waals surface area (Å²) in [5, 5.41) is 10.3. The van der Waals surface area contributed by atoms with Crippen molar-refractivity contribution in [2.45, 2.75) is 32.6 Å². The highest BCUT2D eigenvalue weighted by Crippen LogP contribution is 2.54. The molecule has 122 valence electrons. The zero-order chi connectivity index (χ0) is 16.9. The predicted octanol–water partition coefficient (Wildman–Crippen LogP) is 2.98. The van der Waals surface area contributed by atoms with Crippen LogP contribution in [0.2, 0.25) is 0 Å². The van der Waals surface area contributed by atoms with E-state index in [2.05, 4.69) is 16.0 Å². The zero-order valence-electron chi connectivity index (χ0n) is 13.7. The standard InChI is InChI=1S/C19H19N3O2/c1-12(23)13-2-3-16-14(10-13)17(15(11-20)18(24)21-16)22-8-6-19(4-5-19)7-9-22/h2-3,10H,4-9H2,1H3,(H,21,24). The van der Waals surface area contributed by atoms with Crippen LogP contribution in [-0.2, 0) is 0 Å². The molecule has 0 amide bonds. The summed E-state index contributed by atoms with van der Waals surface area (Å²) in [7, 11) is 0. The number of pyridine rings is 1. The molecule has 1 aromatic carbocycles. The lowest BCUT2D eigenvalue weighted by Crippen LogP contribution is -2.36. The number of rotatable bonds is 2. The average molecular weight is 321 g/mol. The first-order chi connectivity index (χ1) is 11.5. The average Bonchev–Trinajstić information content (AvgIpc) is 3.33. The van der Waals surface area contributed by atoms with E-state index in [0.717, 1.165) is 31.3 Å². The van der Waals surface area contributed by atoms with E-state index in [0.29, 0.717) is 22.2 Å². The molecule has 1 N–H and O–H groups in total. The van der Waals surface area contributed by atoms with Gasteiger partial charge >= 0.3 is 0 Å². The number of piperidine rings is 1. The maximum Gasteiger partial charge on any atom is 0.268 e. The monoisotopic (exact) mass is 321 g/mol. The lowest BCUT2D eigenvalue weighted by molar-refractivity contribution is 0.101. The minimum absolute atomic E-state index is 0.0249. The Kier molecular flexibility index (Phi) is 3.24. The summed E-state index contributed by atoms with van der Waals surface area (Å²) in [4.78, 5) is 29.0. The van der Waals surface area contributed by atoms with Gasteiger partial charge in [0.25, 0.3) is 5.56 Å². The molecule has 5 nitrogen and oxygen atoms in total. The number of hydrogen-bond acceptors (Lipinski definition) is 4. The number of carbonyl (C=O) groups is 1. The van der Waals surface area contributed by atoms with Gasteiger partial charge in [-0.05, 0) is 56.2 Å². The molecule has 1 saturated carbocycles. The zero-order valence-corrected chi connectivity index (χ0v) is 13.7. The van der Waals surface area contributed by atoms with Gasteiger partial charge in [-0.15, -0.1) is 0 Å². The van der Waals surface area contributed by atoms with Crippen molar-refractivity contribution in [2.24, 2.45) is 5.41 Å². The van der Waals surface area contributed by atoms with Crippen LogP contribution in [0.3, 0.4) is 0 Å². The first-order valence-corrected chi connectivity index (χ1v) is 8.39. The first kappa shape index (κ1) is 14.9. The second kappa shape index (κ2) is 5.20. The number of nitrogens with zero attached hydrogens (tertiary/aromatic N) is 2. The van der Waals surface area contributed by atoms with Crippen LogP contribution < -0.4 is 10.5 Å². The molecular formula is C19H19N3O2. The number of nitriles is 1. The van der Waals surface area contributed by atoms with E-state index < -0.39 is 0 Å². The Labute approximate surface area is 139 Å². The van der Waals surface area contributed by atoms with Gasteiger partial charge in [0.15, 0.2) is 5.78 Å². The molecule has 2 fully saturated rings. The highest BCUT2D eigenvalue weighted by atomic mass is 16.1. The van der Waals surface area contributed by atoms with Crippen molar-refractivity contribution in [2.75, 3.05) is 18.0 Å². The van der Waals surface area contributed by atoms with E-state index >= 15 is 0 Å². The molecule has 1 spiro atoms. The molecule has 2 heterocycles. The van der Waals surface area contributed by atoms with Crippen LogP contribution in [0.25, 0.3) is 10.9 Å². The predicted molar refractivity (Wildman–Crippen MR) is 92.4 cm³/mol. The number of aromatic amines is 1. The van der Waals surface area contributed by atoms with E-state index in [1.54, 1.807) is 18.2 Å². The minimum Gasteiger partial charge on any atom is -0.370 e. The smallest absolute Gasteiger partial charge is 0.268 e. The van der Waals surface area contributed by atoms with Gasteiger partial charge in [-0.2, -0.15) is 5.26 Å². The fourth-order valence-electron chi connectivity index (χ4n) is 3.81. The van der Waals surface area contributed by atoms with Crippen LogP contribution in [0.5, 0.6) is 0 Å². The summed E-state index contributed by atoms with van der Waals surface area (Å²) in [6, 6.07) is 7.33. The molecule has 1 aliphatic carbocycles. The Balaban J connectivity index is 1.90. The third-order valence-corrected chi connectivity index (χ3v) is 5.60. The van der Waals surface area contributed by atoms with Gasteiger partial charge in [0, 0.05) is 24.0 Å². The number of nitrogens with one attached hydrogen (secondary N) is 1. The molecule has 2 aromatic rings. The molecule has 0 bridgehead atoms. The van der Waals surface area contributed by atoms with E-state index in [1.165, 1.54) is 19.8 Å². The summed E-state index contributed by atoms with van der Waals surface area (Å²) in [5.74, 6) is -0.0249. The SMILES string of the molecule is CC(=O)c1ccc2[nH]c(=O)c(C#N)c(N3CCC4(CC3)CC4)c2c1. The van der Waals surface area contributed by atoms with Crippen LogP contribution in [-0.4, -0.2) is 23.9 Å². The quantitative estimate of drug-likeness (QED) is 0.863. The fraction of sp³-hybridized carbons (Fsp3) is 0.421. The number of H-pyrrole nitrogens is 1. The second-order valence-corrected chi connectivity index (χ2v) is 7.09. The number of anilines is 1. The highest BCUT2D eigenvalue weighted by Gasteiger charge is 2.44. The summed E-state index contributed by atoms with van der Waals surface area (Å²) in [5.41, 5.74) is 2.26. The minimum atomic E-state index is -0.359. The summed E-state index contributed by atoms with van der Waals surface area (Å²) in [6.07, 6.45) is 4.82. The van der Waals surface area contributed by atoms with Crippen LogP contribution in [0.15, 0.2) is 23.0 Å². The van der Waals surface area contributed by atoms with Crippen molar-refractivity contribution >= 4 is 22.4 Å². The topological polar surface area (TPSA) is 77.0 Å². The van der Waals surface area contributed by atoms with Crippen molar-refractivity contribution in [3.05, 3.63) is 39.7 Å². The lowest BCUT2D eigenvalue weighted by Gasteiger charge is -2.34. The highest BCUT2D eigenvalue weighted by molar-refractivity contribution is 6.02. The van der Waals surface area contributed by atoms with Gasteiger partial charge in [0.2, 0.25) is 0 Å². The second-order valence-electron chi connectivity index (χ2n) is 7.09. The van der Waals surface area contributed by atoms with E-state index in [-0.39, 0.29) is 16.9 Å². The van der Waals surface area contributed by atoms with Gasteiger partial charge in [0.1, 0.15) is 11.6 Å². The number of hydrogen-bond donors (Lipinski definition) is 1. The molecule has 24 heavy (non-hydrogen) atoms. The molecule has 0 radical (unpaired) electrons. The van der Waals surface area contributed by atoms with Crippen molar-refractivity contribution in [1.82, 2.24) is 4.98 Å². The maximum absolute atomic E-state index is 12.3. The maximum atomic E-state index is 12.3. The number of carbonyl (C=O) groups excluding carboxylic acids is 1. The summed E-state index contributed by atoms with van der Waals surface area (Å²) in [6.45, 7) is 3.24. The molecular weight excluding hydrogens is 302 g/mol. The van der Waals surface area contributed by atoms with E-state index in [9.17, 15) is 14.9 Å². The van der Waals surface area contributed by atoms with E-state index in [1.807, 2.05) is 0 Å². The molecule has 1 aromatic heterocycles. The fourth-order valence-corrected chi connectivity index (χ4v) is 3.81. The Morgan fingerprint density at radius 3 is 2.54 bits per heavy atom. The lowest BCUT2D eigenvalue weighted by atomic mass is 9.92. The molecule has 5 heteroatoms. The van der Waals surface area contributed by atoms with Crippen molar-refractivity contribution in [3.63, 3.8) is 0 Å². The molecule has 4 rings (SSSR count). The number of ketones is 1. The number of fused-ring (bicyclic) bond motifs is 1. The first-order valence-electron chi connectivity index (χ1n) is 8.39. The van der Waals surface area contributed by atoms with Crippen LogP contribution in [0, 0.1) is 16.7 Å². The van der Waals surface area contributed by atoms with Crippen molar-refractivity contribution < 1.29 is 4.79 Å². The third kappa shape index (κ3) is 2.30. The molecule has 0 atom stereocenters. The van der Waals surface area contributed by atoms with Gasteiger partial charge in [-0.1, -0.05) is 0 Å². The van der Waals surface area contributed by atoms with Crippen molar-refractivity contribution in [1.29, 1.82) is 5.26 Å². The third-order valence-electron chi connectivity index (χ3n) is 5.60. The van der Waals surface area contributed by atoms with Gasteiger partial charge in [-0.25, -0.2) is 0 Å². The molecule has 1 aliphatic heterocycles. The Morgan fingerprint density at radius 1 is 1.25 bits per heavy atom. The van der Waals surface area contributed by atoms with Crippen LogP contribution in [0.4, 0.5) is 5.69 Å². The number of benzene rings is 1. The molecule has 0 unspecified atom stereocenters. The largest absolute Gasteiger partial charge is 0.370 e.